The van der Waals surface area contributed by atoms with Gasteiger partial charge in [-0.1, -0.05) is 26.7 Å². The Morgan fingerprint density at radius 3 is 2.69 bits per heavy atom. The van der Waals surface area contributed by atoms with Gasteiger partial charge in [-0.3, -0.25) is 4.79 Å². The van der Waals surface area contributed by atoms with Crippen LogP contribution in [0.5, 0.6) is 0 Å². The van der Waals surface area contributed by atoms with Gasteiger partial charge in [0.15, 0.2) is 0 Å². The highest BCUT2D eigenvalue weighted by atomic mass is 16.1. The number of carbonyl (C=O) groups is 1. The molecule has 0 aromatic carbocycles. The second-order valence-corrected chi connectivity index (χ2v) is 5.00. The van der Waals surface area contributed by atoms with Crippen molar-refractivity contribution in [2.45, 2.75) is 52.5 Å². The molecule has 0 aromatic heterocycles. The average Bonchev–Trinajstić information content (AvgIpc) is 2.30. The summed E-state index contributed by atoms with van der Waals surface area (Å²) in [6, 6.07) is 0.484. The third-order valence-electron chi connectivity index (χ3n) is 3.71. The van der Waals surface area contributed by atoms with Crippen LogP contribution < -0.4 is 10.6 Å². The van der Waals surface area contributed by atoms with Gasteiger partial charge in [-0.05, 0) is 32.2 Å². The van der Waals surface area contributed by atoms with Crippen molar-refractivity contribution >= 4 is 5.91 Å². The number of carbonyl (C=O) groups excluding carboxylic acids is 1. The molecule has 2 N–H and O–H groups in total. The topological polar surface area (TPSA) is 41.1 Å². The molecule has 1 rings (SSSR count). The molecule has 1 heterocycles. The number of nitrogens with one attached hydrogen (secondary N) is 2. The summed E-state index contributed by atoms with van der Waals surface area (Å²) in [7, 11) is 0. The van der Waals surface area contributed by atoms with Crippen LogP contribution in [0.25, 0.3) is 0 Å². The highest BCUT2D eigenvalue weighted by Crippen LogP contribution is 2.16. The van der Waals surface area contributed by atoms with Gasteiger partial charge in [0, 0.05) is 18.5 Å². The summed E-state index contributed by atoms with van der Waals surface area (Å²) in [5.74, 6) is 1.13. The smallest absolute Gasteiger partial charge is 0.223 e. The zero-order valence-corrected chi connectivity index (χ0v) is 10.9. The van der Waals surface area contributed by atoms with Crippen molar-refractivity contribution in [3.8, 4) is 0 Å². The lowest BCUT2D eigenvalue weighted by atomic mass is 9.92. The van der Waals surface area contributed by atoms with Gasteiger partial charge < -0.3 is 10.6 Å². The van der Waals surface area contributed by atoms with Crippen LogP contribution in [0.2, 0.25) is 0 Å². The minimum atomic E-state index is 0.227. The standard InChI is InChI=1S/C13H26N2O/c1-4-11(5-2)9-15-13(16)12-6-7-14-10(3)8-12/h10-12,14H,4-9H2,1-3H3,(H,15,16)/t10-,12-/m0/s1. The maximum Gasteiger partial charge on any atom is 0.223 e. The van der Waals surface area contributed by atoms with E-state index in [0.29, 0.717) is 12.0 Å². The molecule has 94 valence electrons. The lowest BCUT2D eigenvalue weighted by molar-refractivity contribution is -0.126. The normalized spacial score (nSPS) is 25.8. The Kier molecular flexibility index (Phi) is 5.81. The fourth-order valence-corrected chi connectivity index (χ4v) is 2.34. The Balaban J connectivity index is 2.28. The van der Waals surface area contributed by atoms with E-state index in [2.05, 4.69) is 31.4 Å². The van der Waals surface area contributed by atoms with E-state index in [1.54, 1.807) is 0 Å². The molecule has 1 saturated heterocycles. The van der Waals surface area contributed by atoms with Crippen LogP contribution in [0.15, 0.2) is 0 Å². The monoisotopic (exact) mass is 226 g/mol. The van der Waals surface area contributed by atoms with Crippen molar-refractivity contribution in [1.29, 1.82) is 0 Å². The second-order valence-electron chi connectivity index (χ2n) is 5.00. The Hall–Kier alpha value is -0.570. The first-order valence-corrected chi connectivity index (χ1v) is 6.68. The lowest BCUT2D eigenvalue weighted by Gasteiger charge is -2.27. The van der Waals surface area contributed by atoms with Gasteiger partial charge in [0.05, 0.1) is 0 Å². The first kappa shape index (κ1) is 13.5. The van der Waals surface area contributed by atoms with Crippen LogP contribution in [0.4, 0.5) is 0 Å². The largest absolute Gasteiger partial charge is 0.356 e. The summed E-state index contributed by atoms with van der Waals surface area (Å²) in [6.07, 6.45) is 4.27. The SMILES string of the molecule is CCC(CC)CNC(=O)[C@H]1CCN[C@@H](C)C1. The van der Waals surface area contributed by atoms with E-state index in [9.17, 15) is 4.79 Å². The summed E-state index contributed by atoms with van der Waals surface area (Å²) < 4.78 is 0. The predicted molar refractivity (Wildman–Crippen MR) is 67.3 cm³/mol. The molecule has 1 amide bonds. The van der Waals surface area contributed by atoms with Gasteiger partial charge in [0.25, 0.3) is 0 Å². The summed E-state index contributed by atoms with van der Waals surface area (Å²) in [5.41, 5.74) is 0. The second kappa shape index (κ2) is 6.89. The minimum Gasteiger partial charge on any atom is -0.356 e. The lowest BCUT2D eigenvalue weighted by Crippen LogP contribution is -2.43. The van der Waals surface area contributed by atoms with Crippen LogP contribution >= 0.6 is 0 Å². The molecule has 2 atom stereocenters. The van der Waals surface area contributed by atoms with E-state index < -0.39 is 0 Å². The maximum atomic E-state index is 11.9. The third kappa shape index (κ3) is 4.12. The van der Waals surface area contributed by atoms with Gasteiger partial charge in [-0.15, -0.1) is 0 Å². The van der Waals surface area contributed by atoms with Gasteiger partial charge in [0.2, 0.25) is 5.91 Å². The van der Waals surface area contributed by atoms with Gasteiger partial charge in [-0.25, -0.2) is 0 Å². The Morgan fingerprint density at radius 1 is 1.44 bits per heavy atom. The first-order chi connectivity index (χ1) is 7.67. The molecule has 3 heteroatoms. The summed E-state index contributed by atoms with van der Waals surface area (Å²) in [5, 5.41) is 6.48. The quantitative estimate of drug-likeness (QED) is 0.752. The van der Waals surface area contributed by atoms with Crippen molar-refractivity contribution in [3.63, 3.8) is 0 Å². The summed E-state index contributed by atoms with van der Waals surface area (Å²) >= 11 is 0. The van der Waals surface area contributed by atoms with Gasteiger partial charge in [-0.2, -0.15) is 0 Å². The molecule has 1 fully saturated rings. The van der Waals surface area contributed by atoms with Gasteiger partial charge >= 0.3 is 0 Å². The molecule has 16 heavy (non-hydrogen) atoms. The van der Waals surface area contributed by atoms with E-state index in [0.717, 1.165) is 38.8 Å². The molecule has 0 unspecified atom stereocenters. The van der Waals surface area contributed by atoms with E-state index in [-0.39, 0.29) is 11.8 Å². The van der Waals surface area contributed by atoms with E-state index in [1.165, 1.54) is 0 Å². The first-order valence-electron chi connectivity index (χ1n) is 6.68. The van der Waals surface area contributed by atoms with Crippen molar-refractivity contribution in [2.75, 3.05) is 13.1 Å². The molecular formula is C13H26N2O. The number of hydrogen-bond donors (Lipinski definition) is 2. The van der Waals surface area contributed by atoms with Crippen LogP contribution in [0, 0.1) is 11.8 Å². The van der Waals surface area contributed by atoms with Crippen molar-refractivity contribution < 1.29 is 4.79 Å². The molecule has 1 aliphatic rings. The Bertz CT molecular complexity index is 214. The number of hydrogen-bond acceptors (Lipinski definition) is 2. The molecule has 0 bridgehead atoms. The third-order valence-corrected chi connectivity index (χ3v) is 3.71. The molecule has 1 aliphatic heterocycles. The number of piperidine rings is 1. The minimum absolute atomic E-state index is 0.227. The Labute approximate surface area is 99.4 Å². The maximum absolute atomic E-state index is 11.9. The van der Waals surface area contributed by atoms with E-state index in [1.807, 2.05) is 0 Å². The predicted octanol–water partition coefficient (Wildman–Crippen LogP) is 1.93. The van der Waals surface area contributed by atoms with Crippen LogP contribution in [-0.2, 0) is 4.79 Å². The molecule has 0 aromatic rings. The summed E-state index contributed by atoms with van der Waals surface area (Å²) in [6.45, 7) is 8.36. The molecule has 0 spiro atoms. The van der Waals surface area contributed by atoms with Gasteiger partial charge in [0.1, 0.15) is 0 Å². The van der Waals surface area contributed by atoms with Crippen LogP contribution in [0.3, 0.4) is 0 Å². The molecular weight excluding hydrogens is 200 g/mol. The zero-order chi connectivity index (χ0) is 12.0. The molecule has 0 radical (unpaired) electrons. The van der Waals surface area contributed by atoms with Crippen LogP contribution in [0.1, 0.15) is 46.5 Å². The highest BCUT2D eigenvalue weighted by molar-refractivity contribution is 5.78. The van der Waals surface area contributed by atoms with Crippen molar-refractivity contribution in [1.82, 2.24) is 10.6 Å². The van der Waals surface area contributed by atoms with Crippen molar-refractivity contribution in [3.05, 3.63) is 0 Å². The average molecular weight is 226 g/mol. The Morgan fingerprint density at radius 2 is 2.12 bits per heavy atom. The molecule has 0 aliphatic carbocycles. The zero-order valence-electron chi connectivity index (χ0n) is 10.9. The fourth-order valence-electron chi connectivity index (χ4n) is 2.34. The van der Waals surface area contributed by atoms with E-state index >= 15 is 0 Å². The summed E-state index contributed by atoms with van der Waals surface area (Å²) in [4.78, 5) is 11.9. The van der Waals surface area contributed by atoms with Crippen molar-refractivity contribution in [2.24, 2.45) is 11.8 Å². The van der Waals surface area contributed by atoms with E-state index in [4.69, 9.17) is 0 Å². The fraction of sp³-hybridized carbons (Fsp3) is 0.923. The molecule has 3 nitrogen and oxygen atoms in total. The highest BCUT2D eigenvalue weighted by Gasteiger charge is 2.24. The van der Waals surface area contributed by atoms with Crippen LogP contribution in [-0.4, -0.2) is 25.0 Å². The molecule has 0 saturated carbocycles. The number of rotatable bonds is 5. The number of amides is 1.